The van der Waals surface area contributed by atoms with Crippen LogP contribution in [-0.4, -0.2) is 63.5 Å². The lowest BCUT2D eigenvalue weighted by Gasteiger charge is -2.28. The number of likely N-dealkylation sites (N-methyl/N-ethyl adjacent to an activating group) is 1. The number of ketones is 1. The van der Waals surface area contributed by atoms with Gasteiger partial charge >= 0.3 is 5.82 Å². The number of pyridine rings is 1. The van der Waals surface area contributed by atoms with Crippen molar-refractivity contribution in [2.24, 2.45) is 4.99 Å². The van der Waals surface area contributed by atoms with Gasteiger partial charge < -0.3 is 24.7 Å². The molecule has 230 valence electrons. The quantitative estimate of drug-likeness (QED) is 0.0768. The fourth-order valence-corrected chi connectivity index (χ4v) is 5.29. The number of ether oxygens (including phenoxy) is 1. The number of carbonyl (C=O) groups excluding carboxylic acids is 1. The number of hydrogen-bond acceptors (Lipinski definition) is 9. The third-order valence-corrected chi connectivity index (χ3v) is 7.50. The Morgan fingerprint density at radius 1 is 1.13 bits per heavy atom. The summed E-state index contributed by atoms with van der Waals surface area (Å²) >= 11 is 12.6. The molecule has 0 bridgehead atoms. The summed E-state index contributed by atoms with van der Waals surface area (Å²) in [5.41, 5.74) is 3.48. The number of nitrogens with one attached hydrogen (secondary N) is 1. The average Bonchev–Trinajstić information content (AvgIpc) is 3.45. The van der Waals surface area contributed by atoms with Crippen molar-refractivity contribution in [2.75, 3.05) is 32.5 Å². The Hall–Kier alpha value is -4.71. The third kappa shape index (κ3) is 8.48. The summed E-state index contributed by atoms with van der Waals surface area (Å²) in [6, 6.07) is 14.6. The molecule has 4 aromatic rings. The number of nitrogens with zero attached hydrogens (tertiary/aromatic N) is 6. The molecular formula is C32H30Cl2N7O4+. The number of hydrogen-bond donors (Lipinski definition) is 1. The third-order valence-electron chi connectivity index (χ3n) is 6.97. The molecule has 11 nitrogen and oxygen atoms in total. The molecule has 13 heteroatoms. The van der Waals surface area contributed by atoms with Crippen molar-refractivity contribution in [3.8, 4) is 5.75 Å². The van der Waals surface area contributed by atoms with E-state index in [0.717, 1.165) is 5.56 Å². The van der Waals surface area contributed by atoms with Crippen LogP contribution in [0.4, 0.5) is 11.5 Å². The second-order valence-electron chi connectivity index (χ2n) is 11.1. The van der Waals surface area contributed by atoms with Gasteiger partial charge in [-0.15, -0.1) is 0 Å². The highest BCUT2D eigenvalue weighted by atomic mass is 35.5. The molecule has 0 fully saturated rings. The van der Waals surface area contributed by atoms with Gasteiger partial charge in [-0.3, -0.25) is 9.78 Å². The fraction of sp³-hybridized carbons (Fsp3) is 0.219. The monoisotopic (exact) mass is 646 g/mol. The molecule has 1 N–H and O–H groups in total. The largest absolute Gasteiger partial charge is 0.487 e. The number of quaternary nitrogens is 1. The molecule has 3 heterocycles. The summed E-state index contributed by atoms with van der Waals surface area (Å²) in [6.07, 6.45) is 8.47. The first-order valence-electron chi connectivity index (χ1n) is 14.0. The molecule has 0 spiro atoms. The smallest absolute Gasteiger partial charge is 0.368 e. The first-order valence-corrected chi connectivity index (χ1v) is 14.8. The van der Waals surface area contributed by atoms with Crippen molar-refractivity contribution in [1.29, 1.82) is 0 Å². The van der Waals surface area contributed by atoms with Crippen molar-refractivity contribution in [3.05, 3.63) is 116 Å². The lowest BCUT2D eigenvalue weighted by Crippen LogP contribution is -2.41. The highest BCUT2D eigenvalue weighted by Crippen LogP contribution is 2.31. The Labute approximate surface area is 269 Å². The number of aromatic nitrogens is 3. The summed E-state index contributed by atoms with van der Waals surface area (Å²) in [7, 11) is 3.90. The molecule has 0 saturated heterocycles. The first kappa shape index (κ1) is 31.7. The lowest BCUT2D eigenvalue weighted by atomic mass is 10.1. The van der Waals surface area contributed by atoms with Crippen LogP contribution < -0.4 is 10.1 Å². The summed E-state index contributed by atoms with van der Waals surface area (Å²) < 4.78 is 6.32. The second kappa shape index (κ2) is 13.9. The van der Waals surface area contributed by atoms with Crippen LogP contribution in [0, 0.1) is 10.1 Å². The number of fused-ring (bicyclic) bond motifs is 1. The van der Waals surface area contributed by atoms with Gasteiger partial charge in [0.05, 0.1) is 49.4 Å². The van der Waals surface area contributed by atoms with Crippen molar-refractivity contribution in [3.63, 3.8) is 0 Å². The van der Waals surface area contributed by atoms with Crippen LogP contribution in [0.15, 0.2) is 89.6 Å². The number of carbonyl (C=O) groups is 1. The molecule has 0 atom stereocenters. The van der Waals surface area contributed by atoms with Crippen molar-refractivity contribution < 1.29 is 18.9 Å². The molecule has 2 aromatic heterocycles. The minimum absolute atomic E-state index is 0.0828. The predicted molar refractivity (Wildman–Crippen MR) is 175 cm³/mol. The van der Waals surface area contributed by atoms with E-state index in [4.69, 9.17) is 27.9 Å². The molecule has 5 rings (SSSR count). The van der Waals surface area contributed by atoms with Gasteiger partial charge in [0, 0.05) is 28.2 Å². The summed E-state index contributed by atoms with van der Waals surface area (Å²) in [5.74, 6) is 0.859. The number of halogens is 2. The molecule has 0 saturated carbocycles. The molecule has 1 aliphatic heterocycles. The van der Waals surface area contributed by atoms with Gasteiger partial charge in [0.2, 0.25) is 0 Å². The van der Waals surface area contributed by atoms with Gasteiger partial charge in [-0.1, -0.05) is 40.3 Å². The van der Waals surface area contributed by atoms with Crippen LogP contribution in [0.25, 0.3) is 10.9 Å². The predicted octanol–water partition coefficient (Wildman–Crippen LogP) is 6.36. The van der Waals surface area contributed by atoms with E-state index >= 15 is 0 Å². The SMILES string of the molecule is C[N+](C)(C/C=C/C(=O)Cc1cc2c(Nc3ccc(OCc4cccc(Cl)c4)c(Cl)c3)ncnc2cn1)CC1=C([N+](=O)[O-])N=CC1. The maximum absolute atomic E-state index is 12.8. The second-order valence-corrected chi connectivity index (χ2v) is 12.0. The minimum atomic E-state index is -0.452. The van der Waals surface area contributed by atoms with E-state index in [2.05, 4.69) is 25.3 Å². The molecule has 2 aromatic carbocycles. The number of aliphatic imine (C=N–C) groups is 1. The zero-order chi connectivity index (χ0) is 32.0. The number of nitro groups is 1. The number of anilines is 2. The van der Waals surface area contributed by atoms with E-state index < -0.39 is 4.92 Å². The zero-order valence-corrected chi connectivity index (χ0v) is 26.1. The normalized spacial score (nSPS) is 13.2. The topological polar surface area (TPSA) is 132 Å². The Morgan fingerprint density at radius 2 is 1.98 bits per heavy atom. The molecule has 1 aliphatic rings. The number of rotatable bonds is 13. The van der Waals surface area contributed by atoms with Gasteiger partial charge in [-0.05, 0) is 59.0 Å². The minimum Gasteiger partial charge on any atom is -0.487 e. The molecule has 0 radical (unpaired) electrons. The Bertz CT molecular complexity index is 1860. The van der Waals surface area contributed by atoms with E-state index in [1.807, 2.05) is 38.4 Å². The fourth-order valence-electron chi connectivity index (χ4n) is 4.84. The van der Waals surface area contributed by atoms with E-state index in [1.54, 1.807) is 42.8 Å². The van der Waals surface area contributed by atoms with Crippen LogP contribution in [0.2, 0.25) is 10.0 Å². The van der Waals surface area contributed by atoms with E-state index in [0.29, 0.717) is 80.1 Å². The number of allylic oxidation sites excluding steroid dienone is 1. The average molecular weight is 648 g/mol. The lowest BCUT2D eigenvalue weighted by molar-refractivity contribution is -0.880. The van der Waals surface area contributed by atoms with Gasteiger partial charge in [0.15, 0.2) is 5.78 Å². The van der Waals surface area contributed by atoms with Gasteiger partial charge in [0.25, 0.3) is 0 Å². The zero-order valence-electron chi connectivity index (χ0n) is 24.6. The number of benzene rings is 2. The highest BCUT2D eigenvalue weighted by molar-refractivity contribution is 6.32. The van der Waals surface area contributed by atoms with Crippen LogP contribution in [0.1, 0.15) is 17.7 Å². The van der Waals surface area contributed by atoms with Crippen LogP contribution in [-0.2, 0) is 17.8 Å². The molecule has 0 unspecified atom stereocenters. The van der Waals surface area contributed by atoms with E-state index in [1.165, 1.54) is 12.4 Å². The van der Waals surface area contributed by atoms with E-state index in [-0.39, 0.29) is 18.0 Å². The Morgan fingerprint density at radius 3 is 2.76 bits per heavy atom. The van der Waals surface area contributed by atoms with Gasteiger partial charge in [-0.25, -0.2) is 9.97 Å². The molecular weight excluding hydrogens is 617 g/mol. The van der Waals surface area contributed by atoms with Crippen LogP contribution >= 0.6 is 23.2 Å². The molecule has 0 aliphatic carbocycles. The summed E-state index contributed by atoms with van der Waals surface area (Å²) in [6.45, 7) is 1.30. The van der Waals surface area contributed by atoms with Crippen molar-refractivity contribution >= 4 is 57.6 Å². The molecule has 0 amide bonds. The first-order chi connectivity index (χ1) is 21.6. The standard InChI is InChI=1S/C32H30Cl2N7O4/c1-41(2,18-22-10-11-35-32(22)40(43)44)12-4-7-26(42)14-25-15-27-29(17-36-25)37-20-38-31(27)39-24-8-9-30(28(34)16-24)45-19-21-5-3-6-23(33)13-21/h3-9,11,13,15-17,20H,10,12,14,18-19H2,1-2H3,(H,37,38,39)/q+1/b7-4+. The molecule has 45 heavy (non-hydrogen) atoms. The Balaban J connectivity index is 1.22. The van der Waals surface area contributed by atoms with Crippen LogP contribution in [0.3, 0.4) is 0 Å². The maximum atomic E-state index is 12.8. The van der Waals surface area contributed by atoms with Gasteiger partial charge in [0.1, 0.15) is 37.3 Å². The maximum Gasteiger partial charge on any atom is 0.368 e. The van der Waals surface area contributed by atoms with E-state index in [9.17, 15) is 14.9 Å². The van der Waals surface area contributed by atoms with Crippen molar-refractivity contribution in [2.45, 2.75) is 19.4 Å². The summed E-state index contributed by atoms with van der Waals surface area (Å²) in [4.78, 5) is 40.5. The highest BCUT2D eigenvalue weighted by Gasteiger charge is 2.28. The summed E-state index contributed by atoms with van der Waals surface area (Å²) in [5, 5.41) is 16.2. The van der Waals surface area contributed by atoms with Gasteiger partial charge in [-0.2, -0.15) is 0 Å². The van der Waals surface area contributed by atoms with Crippen molar-refractivity contribution in [1.82, 2.24) is 15.0 Å². The van der Waals surface area contributed by atoms with Crippen LogP contribution in [0.5, 0.6) is 5.75 Å². The Kier molecular flexibility index (Phi) is 9.82.